The van der Waals surface area contributed by atoms with Gasteiger partial charge in [-0.1, -0.05) is 18.2 Å². The number of benzene rings is 2. The highest BCUT2D eigenvalue weighted by Gasteiger charge is 2.69. The number of anilines is 2. The summed E-state index contributed by atoms with van der Waals surface area (Å²) in [6, 6.07) is 12.0. The van der Waals surface area contributed by atoms with Crippen molar-refractivity contribution in [2.24, 2.45) is 11.8 Å². The molecule has 0 aliphatic carbocycles. The summed E-state index contributed by atoms with van der Waals surface area (Å²) in [4.78, 5) is 51.0. The van der Waals surface area contributed by atoms with Gasteiger partial charge in [-0.15, -0.1) is 0 Å². The highest BCUT2D eigenvalue weighted by molar-refractivity contribution is 6.25. The first-order chi connectivity index (χ1) is 13.9. The maximum absolute atomic E-state index is 13.4. The lowest BCUT2D eigenvalue weighted by molar-refractivity contribution is -0.384. The molecule has 146 valence electrons. The van der Waals surface area contributed by atoms with E-state index in [1.165, 1.54) is 24.3 Å². The number of nitro groups is 1. The fourth-order valence-corrected chi connectivity index (χ4v) is 4.90. The van der Waals surface area contributed by atoms with E-state index >= 15 is 0 Å². The molecule has 0 saturated carbocycles. The van der Waals surface area contributed by atoms with E-state index < -0.39 is 40.2 Å². The van der Waals surface area contributed by atoms with Crippen molar-refractivity contribution in [3.05, 3.63) is 64.2 Å². The number of nitrogens with one attached hydrogen (secondary N) is 2. The minimum absolute atomic E-state index is 0.136. The first kappa shape index (κ1) is 17.5. The van der Waals surface area contributed by atoms with Gasteiger partial charge < -0.3 is 5.32 Å². The molecule has 2 fully saturated rings. The molecule has 3 heterocycles. The minimum atomic E-state index is -1.32. The summed E-state index contributed by atoms with van der Waals surface area (Å²) in [5.41, 5.74) is 0.0729. The van der Waals surface area contributed by atoms with Crippen LogP contribution in [0, 0.1) is 22.0 Å². The number of rotatable bonds is 2. The molecule has 0 unspecified atom stereocenters. The van der Waals surface area contributed by atoms with Crippen LogP contribution in [0.4, 0.5) is 17.1 Å². The SMILES string of the molecule is C[C@@H]1N[C@]2(C(=O)Nc3ccccc32)[C@H]2C(=O)N(c3ccc([N+](=O)[O-])cc3)C(=O)[C@@H]12. The second kappa shape index (κ2) is 5.71. The zero-order chi connectivity index (χ0) is 20.5. The van der Waals surface area contributed by atoms with Crippen molar-refractivity contribution in [2.45, 2.75) is 18.5 Å². The summed E-state index contributed by atoms with van der Waals surface area (Å²) in [6.07, 6.45) is 0. The zero-order valence-electron chi connectivity index (χ0n) is 15.3. The van der Waals surface area contributed by atoms with Gasteiger partial charge in [-0.25, -0.2) is 4.90 Å². The van der Waals surface area contributed by atoms with Crippen molar-refractivity contribution in [1.29, 1.82) is 0 Å². The maximum Gasteiger partial charge on any atom is 0.269 e. The number of para-hydroxylation sites is 1. The third-order valence-corrected chi connectivity index (χ3v) is 6.09. The van der Waals surface area contributed by atoms with Crippen molar-refractivity contribution < 1.29 is 19.3 Å². The summed E-state index contributed by atoms with van der Waals surface area (Å²) in [6.45, 7) is 1.78. The molecule has 29 heavy (non-hydrogen) atoms. The predicted molar refractivity (Wildman–Crippen MR) is 102 cm³/mol. The number of nitrogens with zero attached hydrogens (tertiary/aromatic N) is 2. The maximum atomic E-state index is 13.4. The number of hydrogen-bond acceptors (Lipinski definition) is 6. The van der Waals surface area contributed by atoms with E-state index in [1.807, 2.05) is 0 Å². The highest BCUT2D eigenvalue weighted by Crippen LogP contribution is 2.53. The number of non-ortho nitro benzene ring substituents is 1. The van der Waals surface area contributed by atoms with Crippen LogP contribution in [0.1, 0.15) is 12.5 Å². The Balaban J connectivity index is 1.61. The van der Waals surface area contributed by atoms with Crippen LogP contribution in [-0.2, 0) is 19.9 Å². The standard InChI is InChI=1S/C20H16N4O5/c1-10-15-16(20(22-10)13-4-2-3-5-14(13)21-19(20)27)18(26)23(17(15)25)11-6-8-12(9-7-11)24(28)29/h2-10,15-16,22H,1H3,(H,21,27)/t10-,15-,16+,20-/m0/s1. The number of nitro benzene ring substituents is 1. The Morgan fingerprint density at radius 2 is 1.72 bits per heavy atom. The van der Waals surface area contributed by atoms with Crippen molar-refractivity contribution in [1.82, 2.24) is 5.32 Å². The monoisotopic (exact) mass is 392 g/mol. The Morgan fingerprint density at radius 3 is 2.41 bits per heavy atom. The second-order valence-corrected chi connectivity index (χ2v) is 7.53. The molecule has 4 atom stereocenters. The summed E-state index contributed by atoms with van der Waals surface area (Å²) in [5.74, 6) is -2.87. The summed E-state index contributed by atoms with van der Waals surface area (Å²) in [7, 11) is 0. The number of carbonyl (C=O) groups excluding carboxylic acids is 3. The van der Waals surface area contributed by atoms with E-state index in [4.69, 9.17) is 0 Å². The summed E-state index contributed by atoms with van der Waals surface area (Å²) in [5, 5.41) is 16.9. The first-order valence-corrected chi connectivity index (χ1v) is 9.17. The van der Waals surface area contributed by atoms with Crippen molar-refractivity contribution in [2.75, 3.05) is 10.2 Å². The third-order valence-electron chi connectivity index (χ3n) is 6.09. The minimum Gasteiger partial charge on any atom is -0.324 e. The Kier molecular flexibility index (Phi) is 3.45. The van der Waals surface area contributed by atoms with Crippen molar-refractivity contribution in [3.63, 3.8) is 0 Å². The molecule has 3 aliphatic rings. The van der Waals surface area contributed by atoms with E-state index in [-0.39, 0.29) is 17.3 Å². The number of hydrogen-bond donors (Lipinski definition) is 2. The van der Waals surface area contributed by atoms with E-state index in [1.54, 1.807) is 31.2 Å². The number of carbonyl (C=O) groups is 3. The molecule has 9 nitrogen and oxygen atoms in total. The van der Waals surface area contributed by atoms with Gasteiger partial charge in [0.1, 0.15) is 5.54 Å². The van der Waals surface area contributed by atoms with Crippen LogP contribution in [0.3, 0.4) is 0 Å². The largest absolute Gasteiger partial charge is 0.324 e. The first-order valence-electron chi connectivity index (χ1n) is 9.17. The Labute approximate surface area is 164 Å². The Hall–Kier alpha value is -3.59. The van der Waals surface area contributed by atoms with Crippen LogP contribution in [0.5, 0.6) is 0 Å². The van der Waals surface area contributed by atoms with E-state index in [9.17, 15) is 24.5 Å². The van der Waals surface area contributed by atoms with Gasteiger partial charge in [0.15, 0.2) is 0 Å². The van der Waals surface area contributed by atoms with Crippen LogP contribution >= 0.6 is 0 Å². The molecule has 1 spiro atoms. The van der Waals surface area contributed by atoms with Gasteiger partial charge in [-0.2, -0.15) is 0 Å². The molecular weight excluding hydrogens is 376 g/mol. The molecule has 0 radical (unpaired) electrons. The van der Waals surface area contributed by atoms with Gasteiger partial charge in [-0.3, -0.25) is 29.8 Å². The topological polar surface area (TPSA) is 122 Å². The lowest BCUT2D eigenvalue weighted by atomic mass is 9.76. The Bertz CT molecular complexity index is 1100. The number of fused-ring (bicyclic) bond motifs is 4. The molecule has 9 heteroatoms. The zero-order valence-corrected chi connectivity index (χ0v) is 15.3. The van der Waals surface area contributed by atoms with Gasteiger partial charge in [0, 0.05) is 29.4 Å². The molecule has 2 aromatic carbocycles. The number of amides is 3. The Morgan fingerprint density at radius 1 is 1.03 bits per heavy atom. The molecular formula is C20H16N4O5. The van der Waals surface area contributed by atoms with Crippen LogP contribution in [0.15, 0.2) is 48.5 Å². The molecule has 3 amide bonds. The van der Waals surface area contributed by atoms with Crippen LogP contribution in [0.25, 0.3) is 0 Å². The van der Waals surface area contributed by atoms with E-state index in [0.717, 1.165) is 4.90 Å². The van der Waals surface area contributed by atoms with Crippen LogP contribution in [0.2, 0.25) is 0 Å². The van der Waals surface area contributed by atoms with E-state index in [0.29, 0.717) is 11.3 Å². The number of imide groups is 1. The lowest BCUT2D eigenvalue weighted by Crippen LogP contribution is -2.53. The third kappa shape index (κ3) is 2.10. The predicted octanol–water partition coefficient (Wildman–Crippen LogP) is 1.54. The fraction of sp³-hybridized carbons (Fsp3) is 0.250. The van der Waals surface area contributed by atoms with E-state index in [2.05, 4.69) is 10.6 Å². The smallest absolute Gasteiger partial charge is 0.269 e. The van der Waals surface area contributed by atoms with Crippen LogP contribution in [-0.4, -0.2) is 28.7 Å². The normalized spacial score (nSPS) is 29.9. The van der Waals surface area contributed by atoms with Crippen molar-refractivity contribution in [3.8, 4) is 0 Å². The summed E-state index contributed by atoms with van der Waals surface area (Å²) < 4.78 is 0. The van der Waals surface area contributed by atoms with Crippen molar-refractivity contribution >= 4 is 34.8 Å². The van der Waals surface area contributed by atoms with Crippen LogP contribution < -0.4 is 15.5 Å². The van der Waals surface area contributed by atoms with Gasteiger partial charge in [0.2, 0.25) is 17.7 Å². The summed E-state index contributed by atoms with van der Waals surface area (Å²) >= 11 is 0. The van der Waals surface area contributed by atoms with Gasteiger partial charge in [-0.05, 0) is 25.1 Å². The van der Waals surface area contributed by atoms with Gasteiger partial charge in [0.25, 0.3) is 5.69 Å². The fourth-order valence-electron chi connectivity index (χ4n) is 4.90. The van der Waals surface area contributed by atoms with Gasteiger partial charge in [0.05, 0.1) is 22.4 Å². The molecule has 3 aliphatic heterocycles. The molecule has 2 N–H and O–H groups in total. The average molecular weight is 392 g/mol. The average Bonchev–Trinajstić information content (AvgIpc) is 3.26. The quantitative estimate of drug-likeness (QED) is 0.454. The molecule has 2 aromatic rings. The second-order valence-electron chi connectivity index (χ2n) is 7.53. The lowest BCUT2D eigenvalue weighted by Gasteiger charge is -2.29. The van der Waals surface area contributed by atoms with Gasteiger partial charge >= 0.3 is 0 Å². The molecule has 5 rings (SSSR count). The highest BCUT2D eigenvalue weighted by atomic mass is 16.6. The molecule has 2 saturated heterocycles. The molecule has 0 aromatic heterocycles. The molecule has 0 bridgehead atoms.